The van der Waals surface area contributed by atoms with E-state index < -0.39 is 25.5 Å². The van der Waals surface area contributed by atoms with E-state index >= 15 is 0 Å². The number of benzene rings is 1. The normalized spacial score (nSPS) is 13.6. The molecule has 2 unspecified atom stereocenters. The molecular weight excluding hydrogens is 1260 g/mol. The Bertz CT molecular complexity index is 5300. The van der Waals surface area contributed by atoms with E-state index in [-0.39, 0.29) is 0 Å². The molecule has 0 radical (unpaired) electrons. The van der Waals surface area contributed by atoms with Gasteiger partial charge in [-0.3, -0.25) is 0 Å². The molecule has 12 heteroatoms. The lowest BCUT2D eigenvalue weighted by atomic mass is 10.0. The van der Waals surface area contributed by atoms with E-state index in [1.807, 2.05) is 53.0 Å². The van der Waals surface area contributed by atoms with Crippen molar-refractivity contribution in [2.24, 2.45) is 84.6 Å². The van der Waals surface area contributed by atoms with Crippen LogP contribution in [0.3, 0.4) is 0 Å². The van der Waals surface area contributed by atoms with Gasteiger partial charge >= 0.3 is 0 Å². The van der Waals surface area contributed by atoms with Gasteiger partial charge in [-0.2, -0.15) is 54.8 Å². The van der Waals surface area contributed by atoms with Crippen LogP contribution in [0.4, 0.5) is 0 Å². The molecule has 2 atom stereocenters. The highest BCUT2D eigenvalue weighted by atomic mass is 15.1. The highest BCUT2D eigenvalue weighted by molar-refractivity contribution is 5.67. The minimum absolute atomic E-state index is 0.381. The van der Waals surface area contributed by atoms with E-state index in [2.05, 4.69) is 346 Å². The molecule has 0 saturated carbocycles. The van der Waals surface area contributed by atoms with Crippen molar-refractivity contribution < 1.29 is 65.8 Å². The summed E-state index contributed by atoms with van der Waals surface area (Å²) >= 11 is 0. The molecule has 0 aliphatic rings. The van der Waals surface area contributed by atoms with Gasteiger partial charge in [0.2, 0.25) is 0 Å². The molecule has 0 aliphatic heterocycles. The van der Waals surface area contributed by atoms with Gasteiger partial charge in [0.15, 0.2) is 49.6 Å². The fraction of sp³-hybridized carbons (Fsp3) is 0.275. The second-order valence-corrected chi connectivity index (χ2v) is 27.6. The van der Waals surface area contributed by atoms with Crippen molar-refractivity contribution in [3.05, 3.63) is 290 Å². The Morgan fingerprint density at radius 2 is 0.495 bits per heavy atom. The van der Waals surface area contributed by atoms with Gasteiger partial charge in [0.25, 0.3) is 91.1 Å². The average Bonchev–Trinajstić information content (AvgIpc) is 0.771. The monoisotopic (exact) mass is 1380 g/mol. The number of hydrogen-bond donors (Lipinski definition) is 0. The fourth-order valence-corrected chi connectivity index (χ4v) is 13.1. The first-order chi connectivity index (χ1) is 52.4. The van der Waals surface area contributed by atoms with E-state index in [9.17, 15) is 0 Å². The number of rotatable bonds is 13. The first-order valence-corrected chi connectivity index (χ1v) is 35.3. The summed E-state index contributed by atoms with van der Waals surface area (Å²) in [5.41, 5.74) is 24.6. The predicted octanol–water partition coefficient (Wildman–Crippen LogP) is 12.4. The van der Waals surface area contributed by atoms with Crippen molar-refractivity contribution >= 4 is 0 Å². The molecule has 0 amide bonds. The maximum absolute atomic E-state index is 8.49. The zero-order valence-corrected chi connectivity index (χ0v) is 63.8. The van der Waals surface area contributed by atoms with Gasteiger partial charge in [-0.15, -0.1) is 0 Å². The van der Waals surface area contributed by atoms with Crippen LogP contribution in [-0.4, -0.2) is 0 Å². The van der Waals surface area contributed by atoms with Crippen molar-refractivity contribution in [2.45, 2.75) is 85.8 Å². The van der Waals surface area contributed by atoms with E-state index in [1.54, 1.807) is 36.7 Å². The fourth-order valence-electron chi connectivity index (χ4n) is 13.1. The first-order valence-electron chi connectivity index (χ1n) is 39.3. The molecule has 12 heterocycles. The lowest BCUT2D eigenvalue weighted by Gasteiger charge is -2.08. The predicted molar refractivity (Wildman–Crippen MR) is 410 cm³/mol. The number of aryl methyl sites for hydroxylation is 9. The van der Waals surface area contributed by atoms with Crippen molar-refractivity contribution in [3.8, 4) is 102 Å². The third kappa shape index (κ3) is 17.2. The Kier molecular flexibility index (Phi) is 20.7. The van der Waals surface area contributed by atoms with E-state index in [1.165, 1.54) is 110 Å². The Morgan fingerprint density at radius 3 is 0.825 bits per heavy atom. The van der Waals surface area contributed by atoms with Crippen LogP contribution >= 0.6 is 0 Å². The molecule has 0 N–H and O–H groups in total. The summed E-state index contributed by atoms with van der Waals surface area (Å²) < 4.78 is 89.4. The molecule has 0 bridgehead atoms. The highest BCUT2D eigenvalue weighted by Crippen LogP contribution is 2.28. The number of aromatic nitrogens is 12. The quantitative estimate of drug-likeness (QED) is 0.103. The second kappa shape index (κ2) is 33.2. The van der Waals surface area contributed by atoms with Gasteiger partial charge in [-0.25, -0.2) is 0 Å². The topological polar surface area (TPSA) is 46.6 Å². The third-order valence-corrected chi connectivity index (χ3v) is 19.5. The van der Waals surface area contributed by atoms with Gasteiger partial charge in [-0.1, -0.05) is 85.6 Å². The third-order valence-electron chi connectivity index (χ3n) is 19.5. The molecule has 0 spiro atoms. The number of hydrogen-bond acceptors (Lipinski definition) is 0. The highest BCUT2D eigenvalue weighted by Gasteiger charge is 2.32. The van der Waals surface area contributed by atoms with Crippen LogP contribution in [0.15, 0.2) is 262 Å². The standard InChI is InChI=1S/C24H24N3.2C24H32N3.C19H22N3/c1-25-16-8-7-12-21(25)22-13-9-14-23(27(22)3)24-18-20(15-17-26(24)2)19-10-5-4-6-11-19;2*1-17(2)19-11-13-25(5)23(15-19)21-9-8-10-22(27(21)7)24-16-20(18(3)4)12-14-26(24)6;1-15-13-18(16-9-5-7-11-20(16)2)22(4)19(14-15)17-10-6-8-12-21(17)3/h4-18H,1-3H3;2*8-18H,1-7H3;5-14H,1-4H3/q4*+3/i;1D3,3D3,17D,18D;;. The molecule has 0 aliphatic carbocycles. The first kappa shape index (κ1) is 64.1. The summed E-state index contributed by atoms with van der Waals surface area (Å²) in [4.78, 5) is 0. The van der Waals surface area contributed by atoms with Crippen LogP contribution < -0.4 is 54.8 Å². The van der Waals surface area contributed by atoms with Crippen LogP contribution in [-0.2, 0) is 84.6 Å². The number of nitrogens with zero attached hydrogens (tertiary/aromatic N) is 12. The lowest BCUT2D eigenvalue weighted by molar-refractivity contribution is -0.697. The molecular formula is C91H110N12+12. The molecule has 12 nitrogen and oxygen atoms in total. The Labute approximate surface area is 625 Å². The van der Waals surface area contributed by atoms with Crippen molar-refractivity contribution in [1.82, 2.24) is 0 Å². The number of pyridine rings is 12. The van der Waals surface area contributed by atoms with Gasteiger partial charge in [0, 0.05) is 157 Å². The lowest BCUT2D eigenvalue weighted by Crippen LogP contribution is -2.42. The van der Waals surface area contributed by atoms with Crippen LogP contribution in [0.2, 0.25) is 0 Å². The van der Waals surface area contributed by atoms with E-state index in [0.29, 0.717) is 23.0 Å². The van der Waals surface area contributed by atoms with Crippen LogP contribution in [0, 0.1) is 6.92 Å². The van der Waals surface area contributed by atoms with Gasteiger partial charge < -0.3 is 0 Å². The van der Waals surface area contributed by atoms with Crippen LogP contribution in [0.5, 0.6) is 0 Å². The molecule has 103 heavy (non-hydrogen) atoms. The molecule has 0 fully saturated rings. The largest absolute Gasteiger partial charge is 0.278 e. The molecule has 13 aromatic rings. The Balaban J connectivity index is 0.000000159. The van der Waals surface area contributed by atoms with Gasteiger partial charge in [0.1, 0.15) is 84.6 Å². The average molecular weight is 1380 g/mol. The zero-order chi connectivity index (χ0) is 80.8. The summed E-state index contributed by atoms with van der Waals surface area (Å²) in [5, 5.41) is 0. The Morgan fingerprint density at radius 1 is 0.233 bits per heavy atom. The SMILES string of the molecule is CC(C)c1cc[n+](C)c(-c2cccc(-c3cc(C(C)C)cc[n+]3C)[n+]2C)c1.C[n+]1ccccc1-c1cccc(-c2cc(-c3ccccc3)cc[n+]2C)[n+]1C.Cc1cc(-c2cccc[n+]2C)[n+](C)c(-c2cccc[n+]2C)c1.[2H]C([2H])([2H])C([2H])(C)c1cc[n+](C)c(-c2cccc(-c3cc(C([2H])(C)C([2H])([2H])[2H])cc[n+]3C)[n+]2C)c1. The maximum atomic E-state index is 8.49. The summed E-state index contributed by atoms with van der Waals surface area (Å²) in [6.45, 7) is 8.93. The molecule has 13 rings (SSSR count). The summed E-state index contributed by atoms with van der Waals surface area (Å²) in [5.74, 6) is -2.53. The van der Waals surface area contributed by atoms with Crippen molar-refractivity contribution in [3.63, 3.8) is 0 Å². The zero-order valence-electron chi connectivity index (χ0n) is 71.8. The minimum Gasteiger partial charge on any atom is -0.196 e. The van der Waals surface area contributed by atoms with E-state index in [4.69, 9.17) is 11.0 Å². The molecule has 0 saturated heterocycles. The molecule has 1 aromatic carbocycles. The Hall–Kier alpha value is -11.0. The van der Waals surface area contributed by atoms with Crippen molar-refractivity contribution in [2.75, 3.05) is 0 Å². The molecule has 12 aromatic heterocycles. The van der Waals surface area contributed by atoms with Crippen molar-refractivity contribution in [1.29, 1.82) is 0 Å². The van der Waals surface area contributed by atoms with Crippen LogP contribution in [0.1, 0.15) is 118 Å². The summed E-state index contributed by atoms with van der Waals surface area (Å²) in [6, 6.07) is 72.8. The van der Waals surface area contributed by atoms with Gasteiger partial charge in [-0.05, 0) is 106 Å². The van der Waals surface area contributed by atoms with E-state index in [0.717, 1.165) is 22.8 Å². The maximum Gasteiger partial charge on any atom is 0.278 e. The van der Waals surface area contributed by atoms with Gasteiger partial charge in [0.05, 0.1) is 0 Å². The minimum atomic E-state index is -2.49. The second-order valence-electron chi connectivity index (χ2n) is 27.6. The summed E-state index contributed by atoms with van der Waals surface area (Å²) in [7, 11) is 24.6. The smallest absolute Gasteiger partial charge is 0.196 e. The van der Waals surface area contributed by atoms with Crippen LogP contribution in [0.25, 0.3) is 102 Å². The molecule has 522 valence electrons. The summed E-state index contributed by atoms with van der Waals surface area (Å²) in [6.07, 6.45) is 16.2.